The zero-order valence-electron chi connectivity index (χ0n) is 15.5. The third-order valence-electron chi connectivity index (χ3n) is 5.24. The summed E-state index contributed by atoms with van der Waals surface area (Å²) in [4.78, 5) is 38.6. The summed E-state index contributed by atoms with van der Waals surface area (Å²) in [6.07, 6.45) is 3.16. The molecule has 3 amide bonds. The normalized spacial score (nSPS) is 21.5. The van der Waals surface area contributed by atoms with Gasteiger partial charge in [-0.15, -0.1) is 11.8 Å². The molecule has 1 N–H and O–H groups in total. The first-order valence-corrected chi connectivity index (χ1v) is 10.6. The molecule has 4 rings (SSSR count). The molecule has 1 heterocycles. The minimum atomic E-state index is -0.503. The van der Waals surface area contributed by atoms with Gasteiger partial charge in [-0.05, 0) is 42.5 Å². The van der Waals surface area contributed by atoms with Crippen LogP contribution in [0.4, 0.5) is 5.69 Å². The van der Waals surface area contributed by atoms with Gasteiger partial charge in [0.1, 0.15) is 0 Å². The molecule has 144 valence electrons. The average molecular weight is 394 g/mol. The molecule has 2 aromatic rings. The first kappa shape index (κ1) is 18.7. The van der Waals surface area contributed by atoms with Crippen molar-refractivity contribution in [3.63, 3.8) is 0 Å². The number of hydrogen-bond donors (Lipinski definition) is 1. The topological polar surface area (TPSA) is 66.5 Å². The molecule has 6 heteroatoms. The number of imide groups is 1. The van der Waals surface area contributed by atoms with Gasteiger partial charge >= 0.3 is 0 Å². The van der Waals surface area contributed by atoms with Gasteiger partial charge < -0.3 is 5.32 Å². The van der Waals surface area contributed by atoms with Crippen LogP contribution in [0.25, 0.3) is 0 Å². The number of carbonyl (C=O) groups excluding carboxylic acids is 3. The number of anilines is 1. The molecule has 0 radical (unpaired) electrons. The van der Waals surface area contributed by atoms with Crippen LogP contribution in [-0.2, 0) is 20.8 Å². The quantitative estimate of drug-likeness (QED) is 0.791. The molecule has 5 nitrogen and oxygen atoms in total. The van der Waals surface area contributed by atoms with Crippen LogP contribution in [0.5, 0.6) is 0 Å². The van der Waals surface area contributed by atoms with E-state index in [4.69, 9.17) is 0 Å². The zero-order valence-corrected chi connectivity index (χ0v) is 16.3. The second-order valence-corrected chi connectivity index (χ2v) is 8.31. The standard InChI is InChI=1S/C22H22N2O3S/c25-20(23-18-12-6-8-15-7-4-5-11-17(15)18)14-28-19-13-21(26)24(22(19)27)16-9-2-1-3-10-16/h1-5,7,9-11,18-19H,6,8,12-14H2,(H,23,25)/t18-,19+/m1/s1. The monoisotopic (exact) mass is 394 g/mol. The van der Waals surface area contributed by atoms with Crippen LogP contribution in [0.2, 0.25) is 0 Å². The maximum Gasteiger partial charge on any atom is 0.247 e. The molecule has 28 heavy (non-hydrogen) atoms. The van der Waals surface area contributed by atoms with Gasteiger partial charge in [-0.25, -0.2) is 4.90 Å². The zero-order chi connectivity index (χ0) is 19.5. The Morgan fingerprint density at radius 2 is 1.82 bits per heavy atom. The van der Waals surface area contributed by atoms with Crippen LogP contribution in [0.15, 0.2) is 54.6 Å². The Morgan fingerprint density at radius 1 is 1.07 bits per heavy atom. The van der Waals surface area contributed by atoms with Crippen LogP contribution in [0.3, 0.4) is 0 Å². The molecule has 0 spiro atoms. The molecule has 0 bridgehead atoms. The Balaban J connectivity index is 1.35. The average Bonchev–Trinajstić information content (AvgIpc) is 3.00. The van der Waals surface area contributed by atoms with Crippen molar-refractivity contribution in [1.82, 2.24) is 5.32 Å². The number of nitrogens with one attached hydrogen (secondary N) is 1. The van der Waals surface area contributed by atoms with Gasteiger partial charge in [0.15, 0.2) is 0 Å². The van der Waals surface area contributed by atoms with E-state index in [1.807, 2.05) is 18.2 Å². The number of fused-ring (bicyclic) bond motifs is 1. The lowest BCUT2D eigenvalue weighted by Gasteiger charge is -2.26. The summed E-state index contributed by atoms with van der Waals surface area (Å²) in [6, 6.07) is 17.2. The maximum atomic E-state index is 12.6. The molecular formula is C22H22N2O3S. The number of nitrogens with zero attached hydrogens (tertiary/aromatic N) is 1. The maximum absolute atomic E-state index is 12.6. The van der Waals surface area contributed by atoms with Crippen molar-refractivity contribution in [3.05, 3.63) is 65.7 Å². The number of benzene rings is 2. The molecule has 0 unspecified atom stereocenters. The van der Waals surface area contributed by atoms with E-state index in [1.165, 1.54) is 27.8 Å². The predicted molar refractivity (Wildman–Crippen MR) is 110 cm³/mol. The predicted octanol–water partition coefficient (Wildman–Crippen LogP) is 3.25. The van der Waals surface area contributed by atoms with Gasteiger partial charge in [0.2, 0.25) is 17.7 Å². The molecule has 0 saturated carbocycles. The number of amides is 3. The number of para-hydroxylation sites is 1. The Bertz CT molecular complexity index is 900. The number of hydrogen-bond acceptors (Lipinski definition) is 4. The SMILES string of the molecule is O=C(CS[C@H]1CC(=O)N(c2ccccc2)C1=O)N[C@@H]1CCCc2ccccc21. The fraction of sp³-hybridized carbons (Fsp3) is 0.318. The Labute approximate surface area is 168 Å². The van der Waals surface area contributed by atoms with Crippen LogP contribution in [-0.4, -0.2) is 28.7 Å². The van der Waals surface area contributed by atoms with Gasteiger partial charge in [-0.2, -0.15) is 0 Å². The van der Waals surface area contributed by atoms with E-state index in [-0.39, 0.29) is 35.9 Å². The summed E-state index contributed by atoms with van der Waals surface area (Å²) in [6.45, 7) is 0. The Kier molecular flexibility index (Phi) is 5.48. The highest BCUT2D eigenvalue weighted by Gasteiger charge is 2.40. The smallest absolute Gasteiger partial charge is 0.247 e. The lowest BCUT2D eigenvalue weighted by molar-refractivity contribution is -0.121. The number of thioether (sulfide) groups is 1. The summed E-state index contributed by atoms with van der Waals surface area (Å²) in [5.74, 6) is -0.372. The van der Waals surface area contributed by atoms with E-state index in [9.17, 15) is 14.4 Å². The second kappa shape index (κ2) is 8.19. The first-order valence-electron chi connectivity index (χ1n) is 9.54. The van der Waals surface area contributed by atoms with E-state index in [0.29, 0.717) is 5.69 Å². The van der Waals surface area contributed by atoms with Crippen molar-refractivity contribution in [2.75, 3.05) is 10.7 Å². The summed E-state index contributed by atoms with van der Waals surface area (Å²) in [5, 5.41) is 2.60. The van der Waals surface area contributed by atoms with E-state index in [0.717, 1.165) is 19.3 Å². The minimum absolute atomic E-state index is 0.0276. The van der Waals surface area contributed by atoms with Crippen molar-refractivity contribution < 1.29 is 14.4 Å². The second-order valence-electron chi connectivity index (χ2n) is 7.12. The fourth-order valence-electron chi connectivity index (χ4n) is 3.90. The van der Waals surface area contributed by atoms with Gasteiger partial charge in [0.25, 0.3) is 0 Å². The molecular weight excluding hydrogens is 372 g/mol. The minimum Gasteiger partial charge on any atom is -0.349 e. The largest absolute Gasteiger partial charge is 0.349 e. The van der Waals surface area contributed by atoms with Crippen LogP contribution in [0.1, 0.15) is 36.4 Å². The highest BCUT2D eigenvalue weighted by Crippen LogP contribution is 2.31. The number of carbonyl (C=O) groups is 3. The number of aryl methyl sites for hydroxylation is 1. The van der Waals surface area contributed by atoms with Crippen LogP contribution >= 0.6 is 11.8 Å². The molecule has 0 aromatic heterocycles. The molecule has 1 aliphatic heterocycles. The first-order chi connectivity index (χ1) is 13.6. The lowest BCUT2D eigenvalue weighted by Crippen LogP contribution is -2.34. The summed E-state index contributed by atoms with van der Waals surface area (Å²) in [7, 11) is 0. The molecule has 1 aliphatic carbocycles. The molecule has 1 saturated heterocycles. The van der Waals surface area contributed by atoms with E-state index >= 15 is 0 Å². The van der Waals surface area contributed by atoms with Crippen molar-refractivity contribution >= 4 is 35.2 Å². The van der Waals surface area contributed by atoms with Crippen molar-refractivity contribution in [2.24, 2.45) is 0 Å². The van der Waals surface area contributed by atoms with Gasteiger partial charge in [0.05, 0.1) is 22.7 Å². The third kappa shape index (κ3) is 3.83. The van der Waals surface area contributed by atoms with E-state index in [2.05, 4.69) is 17.4 Å². The van der Waals surface area contributed by atoms with E-state index < -0.39 is 5.25 Å². The fourth-order valence-corrected chi connectivity index (χ4v) is 4.84. The van der Waals surface area contributed by atoms with Crippen molar-refractivity contribution in [1.29, 1.82) is 0 Å². The summed E-state index contributed by atoms with van der Waals surface area (Å²) < 4.78 is 0. The summed E-state index contributed by atoms with van der Waals surface area (Å²) in [5.41, 5.74) is 3.07. The number of rotatable bonds is 5. The van der Waals surface area contributed by atoms with E-state index in [1.54, 1.807) is 24.3 Å². The van der Waals surface area contributed by atoms with Crippen molar-refractivity contribution in [2.45, 2.75) is 37.0 Å². The van der Waals surface area contributed by atoms with Gasteiger partial charge in [0, 0.05) is 6.42 Å². The molecule has 1 fully saturated rings. The molecule has 2 aromatic carbocycles. The molecule has 2 aliphatic rings. The Hall–Kier alpha value is -2.60. The van der Waals surface area contributed by atoms with Gasteiger partial charge in [-0.1, -0.05) is 42.5 Å². The van der Waals surface area contributed by atoms with Crippen LogP contribution in [0, 0.1) is 0 Å². The summed E-state index contributed by atoms with van der Waals surface area (Å²) >= 11 is 1.25. The molecule has 2 atom stereocenters. The van der Waals surface area contributed by atoms with Crippen molar-refractivity contribution in [3.8, 4) is 0 Å². The Morgan fingerprint density at radius 3 is 2.64 bits per heavy atom. The highest BCUT2D eigenvalue weighted by molar-refractivity contribution is 8.01. The lowest BCUT2D eigenvalue weighted by atomic mass is 9.88. The van der Waals surface area contributed by atoms with Crippen LogP contribution < -0.4 is 10.2 Å². The highest BCUT2D eigenvalue weighted by atomic mass is 32.2. The third-order valence-corrected chi connectivity index (χ3v) is 6.44. The van der Waals surface area contributed by atoms with Gasteiger partial charge in [-0.3, -0.25) is 14.4 Å².